The Morgan fingerprint density at radius 1 is 1.29 bits per heavy atom. The van der Waals surface area contributed by atoms with Gasteiger partial charge in [0, 0.05) is 25.5 Å². The molecule has 0 saturated heterocycles. The number of rotatable bonds is 4. The highest BCUT2D eigenvalue weighted by atomic mass is 16.1. The zero-order valence-corrected chi connectivity index (χ0v) is 11.9. The maximum Gasteiger partial charge on any atom is 0.254 e. The molecule has 1 aromatic carbocycles. The van der Waals surface area contributed by atoms with E-state index in [2.05, 4.69) is 21.4 Å². The molecular weight excluding hydrogens is 262 g/mol. The van der Waals surface area contributed by atoms with Gasteiger partial charge in [-0.25, -0.2) is 4.99 Å². The topological polar surface area (TPSA) is 54.4 Å². The molecule has 21 heavy (non-hydrogen) atoms. The zero-order chi connectivity index (χ0) is 14.7. The van der Waals surface area contributed by atoms with E-state index in [-0.39, 0.29) is 11.8 Å². The summed E-state index contributed by atoms with van der Waals surface area (Å²) >= 11 is 0. The summed E-state index contributed by atoms with van der Waals surface area (Å²) in [6, 6.07) is 9.86. The maximum absolute atomic E-state index is 12.0. The summed E-state index contributed by atoms with van der Waals surface area (Å²) < 4.78 is 0. The number of pyridine rings is 1. The summed E-state index contributed by atoms with van der Waals surface area (Å²) in [5.41, 5.74) is 2.28. The van der Waals surface area contributed by atoms with Crippen molar-refractivity contribution < 1.29 is 4.79 Å². The number of nitrogens with one attached hydrogen (secondary N) is 1. The summed E-state index contributed by atoms with van der Waals surface area (Å²) in [7, 11) is 0. The molecule has 0 spiro atoms. The van der Waals surface area contributed by atoms with Crippen LogP contribution in [0.3, 0.4) is 0 Å². The highest BCUT2D eigenvalue weighted by molar-refractivity contribution is 5.86. The minimum Gasteiger partial charge on any atom is -0.312 e. The van der Waals surface area contributed by atoms with Gasteiger partial charge in [-0.15, -0.1) is 0 Å². The Hall–Kier alpha value is -2.33. The first-order valence-corrected chi connectivity index (χ1v) is 7.03. The fraction of sp³-hybridized carbons (Fsp3) is 0.235. The van der Waals surface area contributed by atoms with E-state index in [0.717, 1.165) is 16.1 Å². The second-order valence-corrected chi connectivity index (χ2v) is 5.28. The van der Waals surface area contributed by atoms with Crippen molar-refractivity contribution in [2.75, 3.05) is 6.54 Å². The molecule has 1 aliphatic rings. The quantitative estimate of drug-likeness (QED) is 0.898. The minimum atomic E-state index is -0.198. The van der Waals surface area contributed by atoms with Gasteiger partial charge in [0.15, 0.2) is 0 Å². The highest BCUT2D eigenvalue weighted by Crippen LogP contribution is 2.04. The fourth-order valence-corrected chi connectivity index (χ4v) is 2.42. The molecule has 0 fully saturated rings. The predicted molar refractivity (Wildman–Crippen MR) is 80.9 cm³/mol. The lowest BCUT2D eigenvalue weighted by Gasteiger charge is -2.13. The summed E-state index contributed by atoms with van der Waals surface area (Å²) in [5, 5.41) is 5.11. The molecule has 0 radical (unpaired) electrons. The smallest absolute Gasteiger partial charge is 0.254 e. The standard InChI is InChI=1S/C17H17N3O/c1-12-4-5-16-14(7-12)8-15(17(21)20-16)11-19-10-13-3-2-6-18-9-13/h2-9,15,19H,10-11H2,1H3. The average Bonchev–Trinajstić information content (AvgIpc) is 2.49. The van der Waals surface area contributed by atoms with E-state index >= 15 is 0 Å². The van der Waals surface area contributed by atoms with Crippen LogP contribution < -0.4 is 15.9 Å². The van der Waals surface area contributed by atoms with Crippen molar-refractivity contribution in [1.82, 2.24) is 10.3 Å². The number of carbonyl (C=O) groups is 1. The van der Waals surface area contributed by atoms with E-state index < -0.39 is 0 Å². The van der Waals surface area contributed by atoms with Crippen molar-refractivity contribution in [3.8, 4) is 0 Å². The highest BCUT2D eigenvalue weighted by Gasteiger charge is 2.17. The molecule has 4 nitrogen and oxygen atoms in total. The van der Waals surface area contributed by atoms with Crippen LogP contribution in [0.1, 0.15) is 11.1 Å². The van der Waals surface area contributed by atoms with E-state index in [4.69, 9.17) is 0 Å². The van der Waals surface area contributed by atoms with Gasteiger partial charge in [-0.1, -0.05) is 29.8 Å². The first-order valence-electron chi connectivity index (χ1n) is 7.03. The summed E-state index contributed by atoms with van der Waals surface area (Å²) in [6.45, 7) is 3.33. The first-order chi connectivity index (χ1) is 10.2. The van der Waals surface area contributed by atoms with Crippen LogP contribution in [0.4, 0.5) is 0 Å². The number of hydrogen-bond donors (Lipinski definition) is 1. The van der Waals surface area contributed by atoms with Crippen molar-refractivity contribution in [1.29, 1.82) is 0 Å². The molecule has 0 aliphatic carbocycles. The van der Waals surface area contributed by atoms with E-state index in [1.807, 2.05) is 43.5 Å². The van der Waals surface area contributed by atoms with E-state index in [1.54, 1.807) is 6.20 Å². The number of aryl methyl sites for hydroxylation is 1. The Labute approximate surface area is 123 Å². The van der Waals surface area contributed by atoms with Gasteiger partial charge in [-0.2, -0.15) is 0 Å². The number of nitrogens with zero attached hydrogens (tertiary/aromatic N) is 2. The summed E-state index contributed by atoms with van der Waals surface area (Å²) in [4.78, 5) is 20.3. The second-order valence-electron chi connectivity index (χ2n) is 5.28. The number of carbonyl (C=O) groups excluding carboxylic acids is 1. The van der Waals surface area contributed by atoms with E-state index in [0.29, 0.717) is 13.1 Å². The van der Waals surface area contributed by atoms with Crippen LogP contribution in [-0.2, 0) is 11.3 Å². The van der Waals surface area contributed by atoms with Gasteiger partial charge >= 0.3 is 0 Å². The van der Waals surface area contributed by atoms with Gasteiger partial charge in [0.05, 0.1) is 11.3 Å². The molecule has 1 amide bonds. The van der Waals surface area contributed by atoms with Crippen molar-refractivity contribution in [2.45, 2.75) is 13.5 Å². The van der Waals surface area contributed by atoms with Crippen LogP contribution in [0.5, 0.6) is 0 Å². The Morgan fingerprint density at radius 2 is 2.19 bits per heavy atom. The molecule has 106 valence electrons. The van der Waals surface area contributed by atoms with Gasteiger partial charge < -0.3 is 5.32 Å². The second kappa shape index (κ2) is 5.97. The Balaban J connectivity index is 1.70. The minimum absolute atomic E-state index is 0.0787. The lowest BCUT2D eigenvalue weighted by molar-refractivity contribution is -0.120. The van der Waals surface area contributed by atoms with Crippen LogP contribution in [0.2, 0.25) is 0 Å². The van der Waals surface area contributed by atoms with Crippen molar-refractivity contribution >= 4 is 12.0 Å². The number of amides is 1. The third-order valence-electron chi connectivity index (χ3n) is 3.53. The molecule has 4 heteroatoms. The van der Waals surface area contributed by atoms with Gasteiger partial charge in [0.2, 0.25) is 0 Å². The molecule has 1 N–H and O–H groups in total. The Kier molecular flexibility index (Phi) is 3.88. The number of fused-ring (bicyclic) bond motifs is 1. The molecule has 1 atom stereocenters. The van der Waals surface area contributed by atoms with Gasteiger partial charge in [-0.05, 0) is 29.8 Å². The number of benzene rings is 1. The monoisotopic (exact) mass is 279 g/mol. The third-order valence-corrected chi connectivity index (χ3v) is 3.53. The Morgan fingerprint density at radius 3 is 3.00 bits per heavy atom. The SMILES string of the molecule is Cc1ccc2c(c1)=CC(CNCc1cccnc1)C(=O)N=2. The van der Waals surface area contributed by atoms with Crippen molar-refractivity contribution in [3.05, 3.63) is 64.4 Å². The van der Waals surface area contributed by atoms with Crippen molar-refractivity contribution in [2.24, 2.45) is 10.9 Å². The van der Waals surface area contributed by atoms with Crippen LogP contribution >= 0.6 is 0 Å². The molecule has 0 bridgehead atoms. The summed E-state index contributed by atoms with van der Waals surface area (Å²) in [6.07, 6.45) is 5.58. The number of hydrogen-bond acceptors (Lipinski definition) is 3. The summed E-state index contributed by atoms with van der Waals surface area (Å²) in [5.74, 6) is -0.277. The normalized spacial score (nSPS) is 16.8. The van der Waals surface area contributed by atoms with E-state index in [1.165, 1.54) is 5.56 Å². The Bertz CT molecular complexity index is 768. The van der Waals surface area contributed by atoms with Gasteiger partial charge in [0.25, 0.3) is 5.91 Å². The predicted octanol–water partition coefficient (Wildman–Crippen LogP) is 0.736. The maximum atomic E-state index is 12.0. The molecule has 1 aromatic heterocycles. The molecule has 2 aromatic rings. The average molecular weight is 279 g/mol. The van der Waals surface area contributed by atoms with Crippen LogP contribution in [0.25, 0.3) is 6.08 Å². The third kappa shape index (κ3) is 3.23. The molecule has 0 saturated carbocycles. The number of aromatic nitrogens is 1. The molecule has 1 aliphatic heterocycles. The zero-order valence-electron chi connectivity index (χ0n) is 11.9. The van der Waals surface area contributed by atoms with E-state index in [9.17, 15) is 4.79 Å². The van der Waals surface area contributed by atoms with Crippen LogP contribution in [0.15, 0.2) is 47.7 Å². The van der Waals surface area contributed by atoms with Crippen LogP contribution in [-0.4, -0.2) is 17.4 Å². The van der Waals surface area contributed by atoms with Gasteiger partial charge in [-0.3, -0.25) is 9.78 Å². The van der Waals surface area contributed by atoms with Crippen LogP contribution in [0, 0.1) is 12.8 Å². The molecular formula is C17H17N3O. The van der Waals surface area contributed by atoms with Gasteiger partial charge in [0.1, 0.15) is 0 Å². The first kappa shape index (κ1) is 13.6. The lowest BCUT2D eigenvalue weighted by atomic mass is 10.0. The largest absolute Gasteiger partial charge is 0.312 e. The lowest BCUT2D eigenvalue weighted by Crippen LogP contribution is -2.37. The molecule has 1 unspecified atom stereocenters. The molecule has 3 rings (SSSR count). The molecule has 2 heterocycles. The fourth-order valence-electron chi connectivity index (χ4n) is 2.42. The van der Waals surface area contributed by atoms with Crippen molar-refractivity contribution in [3.63, 3.8) is 0 Å².